The van der Waals surface area contributed by atoms with Gasteiger partial charge in [0.2, 0.25) is 0 Å². The molecule has 2 nitrogen and oxygen atoms in total. The third-order valence-electron chi connectivity index (χ3n) is 2.92. The van der Waals surface area contributed by atoms with Crippen molar-refractivity contribution in [2.24, 2.45) is 5.41 Å². The second-order valence-corrected chi connectivity index (χ2v) is 5.23. The molecule has 0 spiro atoms. The zero-order chi connectivity index (χ0) is 10.8. The molecule has 1 heterocycles. The normalized spacial score (nSPS) is 27.6. The van der Waals surface area contributed by atoms with Crippen molar-refractivity contribution in [2.75, 3.05) is 25.4 Å². The minimum Gasteiger partial charge on any atom is -0.392 e. The highest BCUT2D eigenvalue weighted by Crippen LogP contribution is 2.29. The number of likely N-dealkylation sites (tertiary alicyclic amines) is 1. The topological polar surface area (TPSA) is 23.5 Å². The number of hydrogen-bond donors (Lipinski definition) is 2. The summed E-state index contributed by atoms with van der Waals surface area (Å²) in [5.41, 5.74) is 1.16. The molecule has 1 unspecified atom stereocenters. The quantitative estimate of drug-likeness (QED) is 0.551. The number of piperidine rings is 1. The minimum absolute atomic E-state index is 0.00906. The first-order valence-corrected chi connectivity index (χ1v) is 5.77. The zero-order valence-electron chi connectivity index (χ0n) is 9.16. The van der Waals surface area contributed by atoms with Crippen LogP contribution in [0.3, 0.4) is 0 Å². The van der Waals surface area contributed by atoms with Crippen LogP contribution >= 0.6 is 12.6 Å². The number of rotatable bonds is 3. The molecule has 0 aromatic carbocycles. The van der Waals surface area contributed by atoms with E-state index in [1.807, 2.05) is 0 Å². The fourth-order valence-electron chi connectivity index (χ4n) is 1.96. The summed E-state index contributed by atoms with van der Waals surface area (Å²) in [6.45, 7) is 11.0. The average molecular weight is 215 g/mol. The summed E-state index contributed by atoms with van der Waals surface area (Å²) >= 11 is 4.20. The summed E-state index contributed by atoms with van der Waals surface area (Å²) < 4.78 is 0. The van der Waals surface area contributed by atoms with E-state index in [0.29, 0.717) is 0 Å². The van der Waals surface area contributed by atoms with Crippen molar-refractivity contribution in [2.45, 2.75) is 26.4 Å². The molecule has 82 valence electrons. The highest BCUT2D eigenvalue weighted by molar-refractivity contribution is 7.80. The van der Waals surface area contributed by atoms with Crippen molar-refractivity contribution in [1.29, 1.82) is 0 Å². The molecule has 0 aromatic rings. The van der Waals surface area contributed by atoms with Gasteiger partial charge in [0.25, 0.3) is 0 Å². The van der Waals surface area contributed by atoms with E-state index < -0.39 is 0 Å². The summed E-state index contributed by atoms with van der Waals surface area (Å²) in [4.78, 5) is 2.35. The van der Waals surface area contributed by atoms with Crippen LogP contribution in [0.4, 0.5) is 0 Å². The van der Waals surface area contributed by atoms with E-state index in [0.717, 1.165) is 37.4 Å². The number of nitrogens with zero attached hydrogens (tertiary/aromatic N) is 1. The van der Waals surface area contributed by atoms with Gasteiger partial charge >= 0.3 is 0 Å². The van der Waals surface area contributed by atoms with Crippen molar-refractivity contribution in [3.63, 3.8) is 0 Å². The van der Waals surface area contributed by atoms with E-state index in [9.17, 15) is 5.11 Å². The molecule has 1 rings (SSSR count). The molecule has 0 aromatic heterocycles. The van der Waals surface area contributed by atoms with Crippen LogP contribution in [-0.2, 0) is 0 Å². The van der Waals surface area contributed by atoms with Crippen molar-refractivity contribution >= 4 is 12.6 Å². The maximum absolute atomic E-state index is 9.78. The van der Waals surface area contributed by atoms with Gasteiger partial charge in [-0.2, -0.15) is 12.6 Å². The second kappa shape index (κ2) is 4.69. The van der Waals surface area contributed by atoms with Gasteiger partial charge in [0.15, 0.2) is 0 Å². The summed E-state index contributed by atoms with van der Waals surface area (Å²) in [5.74, 6) is 0.749. The van der Waals surface area contributed by atoms with Crippen LogP contribution in [0.15, 0.2) is 12.2 Å². The maximum Gasteiger partial charge on any atom is 0.0615 e. The van der Waals surface area contributed by atoms with Crippen molar-refractivity contribution < 1.29 is 5.11 Å². The van der Waals surface area contributed by atoms with Gasteiger partial charge < -0.3 is 5.11 Å². The van der Waals surface area contributed by atoms with Crippen LogP contribution in [-0.4, -0.2) is 41.5 Å². The van der Waals surface area contributed by atoms with E-state index in [2.05, 4.69) is 38.0 Å². The Morgan fingerprint density at radius 2 is 2.29 bits per heavy atom. The molecule has 1 saturated heterocycles. The summed E-state index contributed by atoms with van der Waals surface area (Å²) in [7, 11) is 0. The Balaban J connectivity index is 2.47. The van der Waals surface area contributed by atoms with Crippen molar-refractivity contribution in [3.8, 4) is 0 Å². The monoisotopic (exact) mass is 215 g/mol. The van der Waals surface area contributed by atoms with E-state index in [1.165, 1.54) is 0 Å². The molecule has 1 fully saturated rings. The molecule has 0 aliphatic carbocycles. The zero-order valence-corrected chi connectivity index (χ0v) is 10.1. The molecule has 1 atom stereocenters. The van der Waals surface area contributed by atoms with Gasteiger partial charge in [0, 0.05) is 30.8 Å². The van der Waals surface area contributed by atoms with Crippen LogP contribution in [0.2, 0.25) is 0 Å². The number of aliphatic hydroxyl groups is 1. The maximum atomic E-state index is 9.78. The number of thiol groups is 1. The van der Waals surface area contributed by atoms with Crippen LogP contribution < -0.4 is 0 Å². The average Bonchev–Trinajstić information content (AvgIpc) is 2.11. The van der Waals surface area contributed by atoms with Gasteiger partial charge in [0.1, 0.15) is 0 Å². The third-order valence-corrected chi connectivity index (χ3v) is 3.37. The van der Waals surface area contributed by atoms with E-state index >= 15 is 0 Å². The molecule has 0 saturated carbocycles. The molecule has 0 bridgehead atoms. The Morgan fingerprint density at radius 3 is 2.79 bits per heavy atom. The smallest absolute Gasteiger partial charge is 0.0615 e. The Hall–Kier alpha value is 0.01000. The van der Waals surface area contributed by atoms with Crippen LogP contribution in [0.1, 0.15) is 20.3 Å². The van der Waals surface area contributed by atoms with Gasteiger partial charge in [-0.15, -0.1) is 0 Å². The molecule has 14 heavy (non-hydrogen) atoms. The Morgan fingerprint density at radius 1 is 1.64 bits per heavy atom. The lowest BCUT2D eigenvalue weighted by atomic mass is 9.81. The fraction of sp³-hybridized carbons (Fsp3) is 0.818. The fourth-order valence-corrected chi connectivity index (χ4v) is 2.06. The highest BCUT2D eigenvalue weighted by atomic mass is 32.1. The molecule has 0 amide bonds. The highest BCUT2D eigenvalue weighted by Gasteiger charge is 2.34. The standard InChI is InChI=1S/C11H21NOS/c1-9(7-14)6-12-5-4-10(13)11(2,3)8-12/h10,13-14H,1,4-8H2,2-3H3. The first kappa shape index (κ1) is 12.1. The van der Waals surface area contributed by atoms with Gasteiger partial charge in [-0.05, 0) is 6.42 Å². The van der Waals surface area contributed by atoms with Gasteiger partial charge in [-0.3, -0.25) is 4.90 Å². The lowest BCUT2D eigenvalue weighted by Crippen LogP contribution is -2.49. The van der Waals surface area contributed by atoms with Crippen LogP contribution in [0.25, 0.3) is 0 Å². The van der Waals surface area contributed by atoms with Crippen LogP contribution in [0.5, 0.6) is 0 Å². The van der Waals surface area contributed by atoms with Gasteiger partial charge in [-0.25, -0.2) is 0 Å². The second-order valence-electron chi connectivity index (χ2n) is 4.91. The van der Waals surface area contributed by atoms with Crippen LogP contribution in [0, 0.1) is 5.41 Å². The van der Waals surface area contributed by atoms with E-state index in [-0.39, 0.29) is 11.5 Å². The molecular formula is C11H21NOS. The molecule has 1 aliphatic heterocycles. The van der Waals surface area contributed by atoms with E-state index in [1.54, 1.807) is 0 Å². The summed E-state index contributed by atoms with van der Waals surface area (Å²) in [6.07, 6.45) is 0.704. The largest absolute Gasteiger partial charge is 0.392 e. The predicted molar refractivity (Wildman–Crippen MR) is 63.8 cm³/mol. The number of aliphatic hydroxyl groups excluding tert-OH is 1. The first-order chi connectivity index (χ1) is 6.45. The SMILES string of the molecule is C=C(CS)CN1CCC(O)C(C)(C)C1. The molecule has 1 aliphatic rings. The van der Waals surface area contributed by atoms with E-state index in [4.69, 9.17) is 0 Å². The minimum atomic E-state index is -0.164. The molecular weight excluding hydrogens is 194 g/mol. The van der Waals surface area contributed by atoms with Crippen molar-refractivity contribution in [3.05, 3.63) is 12.2 Å². The Labute approximate surface area is 92.4 Å². The predicted octanol–water partition coefficient (Wildman–Crippen LogP) is 1.57. The Bertz CT molecular complexity index is 215. The Kier molecular flexibility index (Phi) is 4.04. The van der Waals surface area contributed by atoms with Crippen molar-refractivity contribution in [1.82, 2.24) is 4.90 Å². The number of hydrogen-bond acceptors (Lipinski definition) is 3. The third kappa shape index (κ3) is 3.01. The van der Waals surface area contributed by atoms with Gasteiger partial charge in [0.05, 0.1) is 6.10 Å². The lowest BCUT2D eigenvalue weighted by molar-refractivity contribution is -0.0214. The molecule has 1 N–H and O–H groups in total. The first-order valence-electron chi connectivity index (χ1n) is 5.13. The van der Waals surface area contributed by atoms with Gasteiger partial charge in [-0.1, -0.05) is 26.0 Å². The lowest BCUT2D eigenvalue weighted by Gasteiger charge is -2.42. The molecule has 3 heteroatoms. The summed E-state index contributed by atoms with van der Waals surface area (Å²) in [5, 5.41) is 9.78. The molecule has 0 radical (unpaired) electrons. The summed E-state index contributed by atoms with van der Waals surface area (Å²) in [6, 6.07) is 0.